The van der Waals surface area contributed by atoms with Gasteiger partial charge >= 0.3 is 6.03 Å². The van der Waals surface area contributed by atoms with Gasteiger partial charge in [-0.05, 0) is 56.0 Å². The van der Waals surface area contributed by atoms with Crippen LogP contribution < -0.4 is 15.5 Å². The van der Waals surface area contributed by atoms with Crippen molar-refractivity contribution in [3.63, 3.8) is 0 Å². The number of nitrogens with zero attached hydrogens (tertiary/aromatic N) is 2. The number of para-hydroxylation sites is 1. The Kier molecular flexibility index (Phi) is 6.47. The Balaban J connectivity index is 1.14. The Morgan fingerprint density at radius 1 is 1.10 bits per heavy atom. The fraction of sp³-hybridized carbons (Fsp3) is 0.435. The van der Waals surface area contributed by atoms with Gasteiger partial charge in [0, 0.05) is 44.0 Å². The number of anilines is 2. The maximum atomic E-state index is 13.6. The van der Waals surface area contributed by atoms with Crippen molar-refractivity contribution in [2.75, 3.05) is 42.9 Å². The van der Waals surface area contributed by atoms with E-state index in [1.807, 2.05) is 0 Å². The Morgan fingerprint density at radius 2 is 1.97 bits per heavy atom. The molecule has 2 N–H and O–H groups in total. The number of carbonyl (C=O) groups excluding carboxylic acids is 1. The third-order valence-corrected chi connectivity index (χ3v) is 5.98. The lowest BCUT2D eigenvalue weighted by Gasteiger charge is -2.46. The van der Waals surface area contributed by atoms with Gasteiger partial charge in [0.1, 0.15) is 11.6 Å². The SMILES string of the molecule is O=C(NCCCCN1CCN2c3ccccc3CCC2C1)Nc1ccc(F)cc1F. The van der Waals surface area contributed by atoms with Crippen LogP contribution in [0, 0.1) is 11.6 Å². The first kappa shape index (κ1) is 20.6. The van der Waals surface area contributed by atoms with Crippen LogP contribution in [0.25, 0.3) is 0 Å². The number of nitrogens with one attached hydrogen (secondary N) is 2. The van der Waals surface area contributed by atoms with Gasteiger partial charge in [0.15, 0.2) is 0 Å². The van der Waals surface area contributed by atoms with Gasteiger partial charge in [-0.3, -0.25) is 4.90 Å². The van der Waals surface area contributed by atoms with Crippen LogP contribution in [-0.2, 0) is 6.42 Å². The highest BCUT2D eigenvalue weighted by Gasteiger charge is 2.30. The van der Waals surface area contributed by atoms with Crippen molar-refractivity contribution in [2.45, 2.75) is 31.7 Å². The predicted octanol–water partition coefficient (Wildman–Crippen LogP) is 4.00. The number of carbonyl (C=O) groups is 1. The van der Waals surface area contributed by atoms with Gasteiger partial charge < -0.3 is 15.5 Å². The molecule has 2 aliphatic heterocycles. The number of amides is 2. The number of rotatable bonds is 6. The zero-order chi connectivity index (χ0) is 20.9. The van der Waals surface area contributed by atoms with Crippen molar-refractivity contribution in [2.24, 2.45) is 0 Å². The first-order valence-electron chi connectivity index (χ1n) is 10.7. The number of urea groups is 1. The molecule has 7 heteroatoms. The lowest BCUT2D eigenvalue weighted by Crippen LogP contribution is -2.55. The van der Waals surface area contributed by atoms with Gasteiger partial charge in [-0.2, -0.15) is 0 Å². The van der Waals surface area contributed by atoms with Crippen LogP contribution in [-0.4, -0.2) is 49.7 Å². The standard InChI is InChI=1S/C23H28F2N4O/c24-18-8-10-21(20(25)15-18)27-23(30)26-11-3-4-12-28-13-14-29-19(16-28)9-7-17-5-1-2-6-22(17)29/h1-2,5-6,8,10,15,19H,3-4,7,9,11-14,16H2,(H2,26,27,30). The van der Waals surface area contributed by atoms with Crippen molar-refractivity contribution < 1.29 is 13.6 Å². The zero-order valence-corrected chi connectivity index (χ0v) is 17.0. The minimum atomic E-state index is -0.783. The van der Waals surface area contributed by atoms with Gasteiger partial charge in [-0.25, -0.2) is 13.6 Å². The second-order valence-electron chi connectivity index (χ2n) is 8.03. The van der Waals surface area contributed by atoms with Gasteiger partial charge in [-0.1, -0.05) is 18.2 Å². The third-order valence-electron chi connectivity index (χ3n) is 5.98. The first-order valence-corrected chi connectivity index (χ1v) is 10.7. The molecule has 4 rings (SSSR count). The van der Waals surface area contributed by atoms with Gasteiger partial charge in [0.2, 0.25) is 0 Å². The number of fused-ring (bicyclic) bond motifs is 3. The summed E-state index contributed by atoms with van der Waals surface area (Å²) in [5, 5.41) is 5.14. The third kappa shape index (κ3) is 4.90. The molecule has 160 valence electrons. The highest BCUT2D eigenvalue weighted by molar-refractivity contribution is 5.89. The van der Waals surface area contributed by atoms with Gasteiger partial charge in [-0.15, -0.1) is 0 Å². The first-order chi connectivity index (χ1) is 14.6. The number of unbranched alkanes of at least 4 members (excludes halogenated alkanes) is 1. The maximum absolute atomic E-state index is 13.6. The normalized spacial score (nSPS) is 18.5. The molecule has 2 aromatic carbocycles. The van der Waals surface area contributed by atoms with Crippen LogP contribution in [0.3, 0.4) is 0 Å². The second kappa shape index (κ2) is 9.43. The van der Waals surface area contributed by atoms with Gasteiger partial charge in [0.05, 0.1) is 5.69 Å². The molecule has 0 spiro atoms. The molecule has 0 radical (unpaired) electrons. The van der Waals surface area contributed by atoms with Crippen LogP contribution in [0.4, 0.5) is 25.0 Å². The molecule has 1 atom stereocenters. The Morgan fingerprint density at radius 3 is 2.83 bits per heavy atom. The Hall–Kier alpha value is -2.67. The van der Waals surface area contributed by atoms with E-state index in [2.05, 4.69) is 44.7 Å². The van der Waals surface area contributed by atoms with E-state index < -0.39 is 17.7 Å². The average Bonchev–Trinajstić information content (AvgIpc) is 2.75. The van der Waals surface area contributed by atoms with Crippen molar-refractivity contribution in [1.82, 2.24) is 10.2 Å². The van der Waals surface area contributed by atoms with E-state index in [9.17, 15) is 13.6 Å². The Labute approximate surface area is 176 Å². The largest absolute Gasteiger partial charge is 0.366 e. The molecule has 2 aliphatic rings. The Bertz CT molecular complexity index is 891. The molecule has 0 aromatic heterocycles. The molecule has 2 amide bonds. The van der Waals surface area contributed by atoms with Crippen LogP contribution in [0.2, 0.25) is 0 Å². The monoisotopic (exact) mass is 414 g/mol. The van der Waals surface area contributed by atoms with Crippen LogP contribution in [0.15, 0.2) is 42.5 Å². The smallest absolute Gasteiger partial charge is 0.319 e. The maximum Gasteiger partial charge on any atom is 0.319 e. The summed E-state index contributed by atoms with van der Waals surface area (Å²) in [4.78, 5) is 17.0. The van der Waals surface area contributed by atoms with Crippen molar-refractivity contribution in [3.05, 3.63) is 59.7 Å². The fourth-order valence-corrected chi connectivity index (χ4v) is 4.43. The number of benzene rings is 2. The number of aryl methyl sites for hydroxylation is 1. The molecule has 1 fully saturated rings. The summed E-state index contributed by atoms with van der Waals surface area (Å²) in [5.41, 5.74) is 2.84. The molecule has 30 heavy (non-hydrogen) atoms. The highest BCUT2D eigenvalue weighted by Crippen LogP contribution is 2.32. The van der Waals surface area contributed by atoms with Crippen LogP contribution in [0.1, 0.15) is 24.8 Å². The summed E-state index contributed by atoms with van der Waals surface area (Å²) in [6, 6.07) is 11.9. The van der Waals surface area contributed by atoms with Crippen molar-refractivity contribution in [1.29, 1.82) is 0 Å². The van der Waals surface area contributed by atoms with E-state index >= 15 is 0 Å². The summed E-state index contributed by atoms with van der Waals surface area (Å²) in [6.07, 6.45) is 4.20. The minimum absolute atomic E-state index is 0.0270. The van der Waals surface area contributed by atoms with Crippen molar-refractivity contribution in [3.8, 4) is 0 Å². The molecule has 0 aliphatic carbocycles. The van der Waals surface area contributed by atoms with Gasteiger partial charge in [0.25, 0.3) is 0 Å². The summed E-state index contributed by atoms with van der Waals surface area (Å²) in [5.74, 6) is -1.45. The lowest BCUT2D eigenvalue weighted by molar-refractivity contribution is 0.210. The topological polar surface area (TPSA) is 47.6 Å². The van der Waals surface area contributed by atoms with E-state index in [1.54, 1.807) is 0 Å². The predicted molar refractivity (Wildman–Crippen MR) is 115 cm³/mol. The quantitative estimate of drug-likeness (QED) is 0.703. The summed E-state index contributed by atoms with van der Waals surface area (Å²) in [7, 11) is 0. The number of halogens is 2. The molecular weight excluding hydrogens is 386 g/mol. The molecule has 1 saturated heterocycles. The van der Waals surface area contributed by atoms with E-state index in [-0.39, 0.29) is 5.69 Å². The molecule has 0 saturated carbocycles. The number of piperazine rings is 1. The lowest BCUT2D eigenvalue weighted by atomic mass is 9.94. The van der Waals surface area contributed by atoms with E-state index in [0.29, 0.717) is 12.6 Å². The highest BCUT2D eigenvalue weighted by atomic mass is 19.1. The van der Waals surface area contributed by atoms with Crippen molar-refractivity contribution >= 4 is 17.4 Å². The van der Waals surface area contributed by atoms with E-state index in [4.69, 9.17) is 0 Å². The summed E-state index contributed by atoms with van der Waals surface area (Å²) < 4.78 is 26.5. The number of hydrogen-bond donors (Lipinski definition) is 2. The average molecular weight is 415 g/mol. The molecule has 5 nitrogen and oxygen atoms in total. The second-order valence-corrected chi connectivity index (χ2v) is 8.03. The minimum Gasteiger partial charge on any atom is -0.366 e. The summed E-state index contributed by atoms with van der Waals surface area (Å²) in [6.45, 7) is 4.74. The fourth-order valence-electron chi connectivity index (χ4n) is 4.43. The van der Waals surface area contributed by atoms with Crippen LogP contribution in [0.5, 0.6) is 0 Å². The van der Waals surface area contributed by atoms with E-state index in [1.165, 1.54) is 23.7 Å². The van der Waals surface area contributed by atoms with E-state index in [0.717, 1.165) is 57.6 Å². The molecule has 2 aromatic rings. The van der Waals surface area contributed by atoms with Crippen LogP contribution >= 0.6 is 0 Å². The molecule has 1 unspecified atom stereocenters. The number of hydrogen-bond acceptors (Lipinski definition) is 3. The summed E-state index contributed by atoms with van der Waals surface area (Å²) >= 11 is 0. The molecule has 2 heterocycles. The molecular formula is C23H28F2N4O. The zero-order valence-electron chi connectivity index (χ0n) is 17.0. The molecule has 0 bridgehead atoms.